The number of rotatable bonds is 1. The van der Waals surface area contributed by atoms with E-state index in [1.54, 1.807) is 11.1 Å². The van der Waals surface area contributed by atoms with Gasteiger partial charge in [0.2, 0.25) is 0 Å². The fourth-order valence-corrected chi connectivity index (χ4v) is 3.16. The van der Waals surface area contributed by atoms with Gasteiger partial charge in [-0.1, -0.05) is 58.4 Å². The first-order valence-corrected chi connectivity index (χ1v) is 6.89. The Balaban J connectivity index is 2.64. The van der Waals surface area contributed by atoms with E-state index in [1.807, 2.05) is 0 Å². The van der Waals surface area contributed by atoms with E-state index in [4.69, 9.17) is 0 Å². The standard InChI is InChI=1S/C17H26/c1-12(2)17(6)10-9-16(4,5)15-11-13(3)7-8-14(15)17/h7-8,11-12H,9-10H2,1-6H3. The molecule has 17 heavy (non-hydrogen) atoms. The molecule has 0 N–H and O–H groups in total. The van der Waals surface area contributed by atoms with Crippen LogP contribution in [0.15, 0.2) is 18.2 Å². The molecule has 0 saturated heterocycles. The summed E-state index contributed by atoms with van der Waals surface area (Å²) < 4.78 is 0. The maximum atomic E-state index is 2.45. The molecule has 94 valence electrons. The van der Waals surface area contributed by atoms with Gasteiger partial charge in [-0.25, -0.2) is 0 Å². The predicted octanol–water partition coefficient (Wildman–Crippen LogP) is 4.98. The molecule has 0 aromatic heterocycles. The zero-order valence-corrected chi connectivity index (χ0v) is 12.2. The summed E-state index contributed by atoms with van der Waals surface area (Å²) in [7, 11) is 0. The Kier molecular flexibility index (Phi) is 2.88. The monoisotopic (exact) mass is 230 g/mol. The fraction of sp³-hybridized carbons (Fsp3) is 0.647. The van der Waals surface area contributed by atoms with E-state index in [0.29, 0.717) is 16.7 Å². The number of hydrogen-bond acceptors (Lipinski definition) is 0. The number of benzene rings is 1. The van der Waals surface area contributed by atoms with Crippen molar-refractivity contribution in [1.29, 1.82) is 0 Å². The van der Waals surface area contributed by atoms with Crippen LogP contribution in [-0.2, 0) is 10.8 Å². The van der Waals surface area contributed by atoms with Crippen molar-refractivity contribution >= 4 is 0 Å². The molecule has 1 atom stereocenters. The maximum absolute atomic E-state index is 2.45. The first-order valence-electron chi connectivity index (χ1n) is 6.89. The van der Waals surface area contributed by atoms with E-state index >= 15 is 0 Å². The minimum absolute atomic E-state index is 0.343. The molecule has 0 heteroatoms. The Labute approximate surface area is 106 Å². The highest BCUT2D eigenvalue weighted by Gasteiger charge is 2.41. The molecule has 1 aromatic carbocycles. The highest BCUT2D eigenvalue weighted by Crippen LogP contribution is 2.49. The van der Waals surface area contributed by atoms with Gasteiger partial charge in [-0.05, 0) is 47.6 Å². The molecule has 0 radical (unpaired) electrons. The van der Waals surface area contributed by atoms with Crippen molar-refractivity contribution in [2.24, 2.45) is 5.92 Å². The maximum Gasteiger partial charge on any atom is -0.00490 e. The summed E-state index contributed by atoms with van der Waals surface area (Å²) >= 11 is 0. The van der Waals surface area contributed by atoms with Crippen molar-refractivity contribution < 1.29 is 0 Å². The Morgan fingerprint density at radius 2 is 1.65 bits per heavy atom. The van der Waals surface area contributed by atoms with Crippen molar-refractivity contribution in [3.8, 4) is 0 Å². The van der Waals surface area contributed by atoms with Crippen LogP contribution in [-0.4, -0.2) is 0 Å². The van der Waals surface area contributed by atoms with E-state index in [0.717, 1.165) is 0 Å². The Morgan fingerprint density at radius 3 is 2.24 bits per heavy atom. The van der Waals surface area contributed by atoms with Gasteiger partial charge in [-0.3, -0.25) is 0 Å². The van der Waals surface area contributed by atoms with Gasteiger partial charge >= 0.3 is 0 Å². The van der Waals surface area contributed by atoms with Crippen LogP contribution in [0.5, 0.6) is 0 Å². The summed E-state index contributed by atoms with van der Waals surface area (Å²) in [4.78, 5) is 0. The molecule has 0 bridgehead atoms. The SMILES string of the molecule is Cc1ccc2c(c1)C(C)(C)CCC2(C)C(C)C. The van der Waals surface area contributed by atoms with Crippen LogP contribution in [0, 0.1) is 12.8 Å². The molecule has 2 rings (SSSR count). The van der Waals surface area contributed by atoms with Gasteiger partial charge in [-0.2, -0.15) is 0 Å². The molecular formula is C17H26. The Hall–Kier alpha value is -0.780. The van der Waals surface area contributed by atoms with Crippen molar-refractivity contribution in [3.05, 3.63) is 34.9 Å². The van der Waals surface area contributed by atoms with Crippen LogP contribution in [0.1, 0.15) is 64.2 Å². The summed E-state index contributed by atoms with van der Waals surface area (Å²) in [6.45, 7) is 14.2. The summed E-state index contributed by atoms with van der Waals surface area (Å²) in [6, 6.07) is 7.07. The second kappa shape index (κ2) is 3.86. The second-order valence-corrected chi connectivity index (χ2v) is 7.01. The summed E-state index contributed by atoms with van der Waals surface area (Å²) in [5.74, 6) is 0.708. The third kappa shape index (κ3) is 1.92. The summed E-state index contributed by atoms with van der Waals surface area (Å²) in [5, 5.41) is 0. The van der Waals surface area contributed by atoms with Gasteiger partial charge in [0, 0.05) is 0 Å². The number of fused-ring (bicyclic) bond motifs is 1. The lowest BCUT2D eigenvalue weighted by Crippen LogP contribution is -2.39. The average Bonchev–Trinajstić information content (AvgIpc) is 2.24. The molecule has 0 spiro atoms. The number of hydrogen-bond donors (Lipinski definition) is 0. The average molecular weight is 230 g/mol. The number of aryl methyl sites for hydroxylation is 1. The van der Waals surface area contributed by atoms with E-state index in [-0.39, 0.29) is 0 Å². The zero-order valence-electron chi connectivity index (χ0n) is 12.2. The summed E-state index contributed by atoms with van der Waals surface area (Å²) in [5.41, 5.74) is 5.27. The normalized spacial score (nSPS) is 27.0. The minimum Gasteiger partial charge on any atom is -0.0619 e. The van der Waals surface area contributed by atoms with E-state index in [1.165, 1.54) is 18.4 Å². The molecule has 1 aliphatic rings. The zero-order chi connectivity index (χ0) is 12.8. The van der Waals surface area contributed by atoms with Crippen LogP contribution >= 0.6 is 0 Å². The molecule has 0 saturated carbocycles. The highest BCUT2D eigenvalue weighted by molar-refractivity contribution is 5.44. The Morgan fingerprint density at radius 1 is 1.00 bits per heavy atom. The van der Waals surface area contributed by atoms with Crippen LogP contribution in [0.25, 0.3) is 0 Å². The highest BCUT2D eigenvalue weighted by atomic mass is 14.4. The van der Waals surface area contributed by atoms with E-state index in [9.17, 15) is 0 Å². The largest absolute Gasteiger partial charge is 0.0619 e. The third-order valence-electron chi connectivity index (χ3n) is 5.06. The molecule has 0 aliphatic heterocycles. The molecule has 0 nitrogen and oxygen atoms in total. The van der Waals surface area contributed by atoms with Crippen molar-refractivity contribution in [2.45, 2.75) is 65.2 Å². The topological polar surface area (TPSA) is 0 Å². The van der Waals surface area contributed by atoms with Crippen molar-refractivity contribution in [2.75, 3.05) is 0 Å². The molecule has 1 aliphatic carbocycles. The van der Waals surface area contributed by atoms with Crippen LogP contribution < -0.4 is 0 Å². The van der Waals surface area contributed by atoms with Crippen molar-refractivity contribution in [3.63, 3.8) is 0 Å². The van der Waals surface area contributed by atoms with Crippen LogP contribution in [0.4, 0.5) is 0 Å². The molecule has 0 amide bonds. The van der Waals surface area contributed by atoms with Crippen LogP contribution in [0.3, 0.4) is 0 Å². The third-order valence-corrected chi connectivity index (χ3v) is 5.06. The van der Waals surface area contributed by atoms with Crippen LogP contribution in [0.2, 0.25) is 0 Å². The quantitative estimate of drug-likeness (QED) is 0.638. The van der Waals surface area contributed by atoms with Gasteiger partial charge in [0.25, 0.3) is 0 Å². The van der Waals surface area contributed by atoms with Gasteiger partial charge in [0.15, 0.2) is 0 Å². The van der Waals surface area contributed by atoms with E-state index < -0.39 is 0 Å². The second-order valence-electron chi connectivity index (χ2n) is 7.01. The molecule has 0 fully saturated rings. The first-order chi connectivity index (χ1) is 7.77. The van der Waals surface area contributed by atoms with E-state index in [2.05, 4.69) is 59.7 Å². The minimum atomic E-state index is 0.343. The lowest BCUT2D eigenvalue weighted by atomic mass is 9.58. The van der Waals surface area contributed by atoms with Gasteiger partial charge in [-0.15, -0.1) is 0 Å². The molecular weight excluding hydrogens is 204 g/mol. The van der Waals surface area contributed by atoms with Crippen molar-refractivity contribution in [1.82, 2.24) is 0 Å². The fourth-order valence-electron chi connectivity index (χ4n) is 3.16. The molecule has 0 heterocycles. The summed E-state index contributed by atoms with van der Waals surface area (Å²) in [6.07, 6.45) is 2.62. The molecule has 1 aromatic rings. The first kappa shape index (κ1) is 12.7. The lowest BCUT2D eigenvalue weighted by molar-refractivity contribution is 0.246. The lowest BCUT2D eigenvalue weighted by Gasteiger charge is -2.46. The van der Waals surface area contributed by atoms with Gasteiger partial charge < -0.3 is 0 Å². The van der Waals surface area contributed by atoms with Gasteiger partial charge in [0.1, 0.15) is 0 Å². The van der Waals surface area contributed by atoms with Gasteiger partial charge in [0.05, 0.1) is 0 Å². The smallest absolute Gasteiger partial charge is 0.00490 e. The predicted molar refractivity (Wildman–Crippen MR) is 75.6 cm³/mol. The molecule has 1 unspecified atom stereocenters. The Bertz CT molecular complexity index is 426.